The van der Waals surface area contributed by atoms with Gasteiger partial charge in [-0.15, -0.1) is 17.9 Å². The number of carboxylic acids is 1. The van der Waals surface area contributed by atoms with E-state index in [2.05, 4.69) is 17.2 Å². The van der Waals surface area contributed by atoms with E-state index in [1.807, 2.05) is 0 Å². The van der Waals surface area contributed by atoms with E-state index in [1.54, 1.807) is 23.6 Å². The lowest BCUT2D eigenvalue weighted by molar-refractivity contribution is -0.142. The highest BCUT2D eigenvalue weighted by Crippen LogP contribution is 2.08. The van der Waals surface area contributed by atoms with Crippen LogP contribution in [0.2, 0.25) is 0 Å². The fourth-order valence-electron chi connectivity index (χ4n) is 1.58. The van der Waals surface area contributed by atoms with Crippen molar-refractivity contribution in [1.82, 2.24) is 10.6 Å². The highest BCUT2D eigenvalue weighted by Gasteiger charge is 2.23. The third-order valence-corrected chi connectivity index (χ3v) is 3.63. The Hall–Kier alpha value is -2.15. The molecule has 0 aliphatic rings. The number of allylic oxidation sites excluding steroid dienone is 1. The van der Waals surface area contributed by atoms with Gasteiger partial charge in [-0.05, 0) is 31.2 Å². The number of carboxylic acid groups (broad SMARTS) is 1. The number of amides is 2. The van der Waals surface area contributed by atoms with E-state index in [9.17, 15) is 14.4 Å². The summed E-state index contributed by atoms with van der Waals surface area (Å²) < 4.78 is 0. The fraction of sp³-hybridized carbons (Fsp3) is 0.357. The van der Waals surface area contributed by atoms with E-state index in [0.717, 1.165) is 0 Å². The van der Waals surface area contributed by atoms with Gasteiger partial charge in [0, 0.05) is 0 Å². The molecule has 2 unspecified atom stereocenters. The molecule has 0 aromatic carbocycles. The van der Waals surface area contributed by atoms with E-state index in [4.69, 9.17) is 5.11 Å². The molecule has 0 spiro atoms. The molecular formula is C14H18N2O4S. The zero-order chi connectivity index (χ0) is 15.8. The van der Waals surface area contributed by atoms with Gasteiger partial charge in [-0.25, -0.2) is 4.79 Å². The van der Waals surface area contributed by atoms with Crippen molar-refractivity contribution in [3.63, 3.8) is 0 Å². The minimum Gasteiger partial charge on any atom is -0.480 e. The summed E-state index contributed by atoms with van der Waals surface area (Å²) in [7, 11) is 0. The second kappa shape index (κ2) is 8.21. The van der Waals surface area contributed by atoms with Gasteiger partial charge in [-0.1, -0.05) is 12.1 Å². The van der Waals surface area contributed by atoms with Crippen molar-refractivity contribution in [3.8, 4) is 0 Å². The van der Waals surface area contributed by atoms with Crippen LogP contribution >= 0.6 is 11.3 Å². The number of hydrogen-bond acceptors (Lipinski definition) is 4. The first kappa shape index (κ1) is 16.9. The summed E-state index contributed by atoms with van der Waals surface area (Å²) in [5.41, 5.74) is 0. The first-order valence-corrected chi connectivity index (χ1v) is 7.32. The summed E-state index contributed by atoms with van der Waals surface area (Å²) in [6, 6.07) is 1.58. The monoisotopic (exact) mass is 310 g/mol. The van der Waals surface area contributed by atoms with Crippen molar-refractivity contribution >= 4 is 29.1 Å². The van der Waals surface area contributed by atoms with Crippen LogP contribution in [0.1, 0.15) is 29.4 Å². The molecule has 0 aliphatic carbocycles. The Bertz CT molecular complexity index is 513. The van der Waals surface area contributed by atoms with Crippen molar-refractivity contribution in [2.24, 2.45) is 0 Å². The van der Waals surface area contributed by atoms with Crippen LogP contribution in [0.3, 0.4) is 0 Å². The minimum absolute atomic E-state index is 0.260. The summed E-state index contributed by atoms with van der Waals surface area (Å²) in [6.07, 6.45) is 2.33. The van der Waals surface area contributed by atoms with Crippen LogP contribution in [0.5, 0.6) is 0 Å². The molecule has 1 aromatic heterocycles. The molecule has 2 amide bonds. The normalized spacial score (nSPS) is 13.0. The first-order valence-electron chi connectivity index (χ1n) is 6.44. The molecule has 6 nitrogen and oxygen atoms in total. The maximum absolute atomic E-state index is 11.9. The van der Waals surface area contributed by atoms with E-state index in [1.165, 1.54) is 18.3 Å². The Kier molecular flexibility index (Phi) is 6.61. The highest BCUT2D eigenvalue weighted by atomic mass is 32.1. The molecule has 0 bridgehead atoms. The van der Waals surface area contributed by atoms with E-state index in [0.29, 0.717) is 11.3 Å². The fourth-order valence-corrected chi connectivity index (χ4v) is 2.21. The van der Waals surface area contributed by atoms with Gasteiger partial charge >= 0.3 is 5.97 Å². The maximum atomic E-state index is 11.9. The number of carbonyl (C=O) groups is 3. The second-order valence-corrected chi connectivity index (χ2v) is 5.39. The van der Waals surface area contributed by atoms with E-state index < -0.39 is 24.0 Å². The average molecular weight is 310 g/mol. The summed E-state index contributed by atoms with van der Waals surface area (Å²) in [5, 5.41) is 15.7. The number of rotatable bonds is 8. The van der Waals surface area contributed by atoms with Gasteiger partial charge in [0.05, 0.1) is 4.88 Å². The predicted octanol–water partition coefficient (Wildman–Crippen LogP) is 1.40. The molecule has 7 heteroatoms. The van der Waals surface area contributed by atoms with Gasteiger partial charge in [0.2, 0.25) is 5.91 Å². The van der Waals surface area contributed by atoms with Gasteiger partial charge in [-0.2, -0.15) is 0 Å². The Morgan fingerprint density at radius 1 is 1.43 bits per heavy atom. The zero-order valence-corrected chi connectivity index (χ0v) is 12.5. The molecule has 0 saturated carbocycles. The van der Waals surface area contributed by atoms with Crippen LogP contribution in [0, 0.1) is 0 Å². The van der Waals surface area contributed by atoms with Crippen molar-refractivity contribution < 1.29 is 19.5 Å². The van der Waals surface area contributed by atoms with Crippen LogP contribution in [0.15, 0.2) is 30.2 Å². The predicted molar refractivity (Wildman–Crippen MR) is 80.2 cm³/mol. The molecule has 114 valence electrons. The summed E-state index contributed by atoms with van der Waals surface area (Å²) in [5.74, 6) is -2.00. The molecule has 1 heterocycles. The molecular weight excluding hydrogens is 292 g/mol. The lowest BCUT2D eigenvalue weighted by atomic mass is 10.1. The van der Waals surface area contributed by atoms with Crippen LogP contribution in [-0.4, -0.2) is 35.0 Å². The SMILES string of the molecule is C=CCCC(NC(=O)C(C)NC(=O)c1cccs1)C(=O)O. The Labute approximate surface area is 126 Å². The summed E-state index contributed by atoms with van der Waals surface area (Å²) >= 11 is 1.27. The molecule has 0 fully saturated rings. The average Bonchev–Trinajstić information content (AvgIpc) is 2.96. The van der Waals surface area contributed by atoms with Crippen molar-refractivity contribution in [2.75, 3.05) is 0 Å². The van der Waals surface area contributed by atoms with E-state index >= 15 is 0 Å². The topological polar surface area (TPSA) is 95.5 Å². The lowest BCUT2D eigenvalue weighted by Crippen LogP contribution is -2.50. The molecule has 0 saturated heterocycles. The smallest absolute Gasteiger partial charge is 0.326 e. The Morgan fingerprint density at radius 2 is 2.14 bits per heavy atom. The number of aliphatic carboxylic acids is 1. The first-order chi connectivity index (χ1) is 9.95. The van der Waals surface area contributed by atoms with E-state index in [-0.39, 0.29) is 12.3 Å². The maximum Gasteiger partial charge on any atom is 0.326 e. The standard InChI is InChI=1S/C14H18N2O4S/c1-3-4-6-10(14(19)20)16-12(17)9(2)15-13(18)11-7-5-8-21-11/h3,5,7-10H,1,4,6H2,2H3,(H,15,18)(H,16,17)(H,19,20). The van der Waals surface area contributed by atoms with Gasteiger partial charge in [0.25, 0.3) is 5.91 Å². The second-order valence-electron chi connectivity index (χ2n) is 4.44. The van der Waals surface area contributed by atoms with Crippen molar-refractivity contribution in [2.45, 2.75) is 31.8 Å². The van der Waals surface area contributed by atoms with Crippen LogP contribution in [0.25, 0.3) is 0 Å². The summed E-state index contributed by atoms with van der Waals surface area (Å²) in [6.45, 7) is 5.02. The quantitative estimate of drug-likeness (QED) is 0.632. The number of nitrogens with one attached hydrogen (secondary N) is 2. The molecule has 1 rings (SSSR count). The molecule has 0 radical (unpaired) electrons. The van der Waals surface area contributed by atoms with Crippen LogP contribution in [0.4, 0.5) is 0 Å². The molecule has 1 aromatic rings. The molecule has 0 aliphatic heterocycles. The largest absolute Gasteiger partial charge is 0.480 e. The zero-order valence-electron chi connectivity index (χ0n) is 11.7. The van der Waals surface area contributed by atoms with Crippen LogP contribution in [-0.2, 0) is 9.59 Å². The van der Waals surface area contributed by atoms with Gasteiger partial charge in [0.1, 0.15) is 12.1 Å². The molecule has 3 N–H and O–H groups in total. The minimum atomic E-state index is -1.11. The van der Waals surface area contributed by atoms with Gasteiger partial charge < -0.3 is 15.7 Å². The number of thiophene rings is 1. The number of carbonyl (C=O) groups excluding carboxylic acids is 2. The number of hydrogen-bond donors (Lipinski definition) is 3. The lowest BCUT2D eigenvalue weighted by Gasteiger charge is -2.18. The highest BCUT2D eigenvalue weighted by molar-refractivity contribution is 7.12. The molecule has 21 heavy (non-hydrogen) atoms. The summed E-state index contributed by atoms with van der Waals surface area (Å²) in [4.78, 5) is 35.3. The molecule has 2 atom stereocenters. The third kappa shape index (κ3) is 5.39. The Balaban J connectivity index is 2.54. The van der Waals surface area contributed by atoms with Crippen LogP contribution < -0.4 is 10.6 Å². The Morgan fingerprint density at radius 3 is 2.67 bits per heavy atom. The third-order valence-electron chi connectivity index (χ3n) is 2.76. The van der Waals surface area contributed by atoms with Crippen molar-refractivity contribution in [1.29, 1.82) is 0 Å². The van der Waals surface area contributed by atoms with Gasteiger partial charge in [0.15, 0.2) is 0 Å². The van der Waals surface area contributed by atoms with Crippen molar-refractivity contribution in [3.05, 3.63) is 35.0 Å². The van der Waals surface area contributed by atoms with Gasteiger partial charge in [-0.3, -0.25) is 9.59 Å².